The van der Waals surface area contributed by atoms with Crippen LogP contribution in [0.2, 0.25) is 0 Å². The molecule has 1 aliphatic heterocycles. The van der Waals surface area contributed by atoms with Crippen molar-refractivity contribution >= 4 is 34.6 Å². The summed E-state index contributed by atoms with van der Waals surface area (Å²) in [6, 6.07) is 4.08. The topological polar surface area (TPSA) is 41.9 Å². The summed E-state index contributed by atoms with van der Waals surface area (Å²) in [6.45, 7) is 5.28. The van der Waals surface area contributed by atoms with Gasteiger partial charge in [0, 0.05) is 15.8 Å². The number of rotatable bonds is 4. The summed E-state index contributed by atoms with van der Waals surface area (Å²) < 4.78 is 0. The van der Waals surface area contributed by atoms with E-state index in [0.717, 1.165) is 5.71 Å². The lowest BCUT2D eigenvalue weighted by Crippen LogP contribution is -2.34. The fraction of sp³-hybridized carbons (Fsp3) is 0.412. The van der Waals surface area contributed by atoms with E-state index in [9.17, 15) is 4.79 Å². The number of amides is 1. The highest BCUT2D eigenvalue weighted by atomic mass is 35.5. The molecule has 23 heavy (non-hydrogen) atoms. The van der Waals surface area contributed by atoms with E-state index in [0.29, 0.717) is 24.7 Å². The molecule has 1 aromatic heterocycles. The van der Waals surface area contributed by atoms with Crippen molar-refractivity contribution in [2.24, 2.45) is 16.3 Å². The number of allylic oxidation sites excluding steroid dienone is 2. The van der Waals surface area contributed by atoms with Gasteiger partial charge >= 0.3 is 0 Å². The number of hydroxylamine groups is 2. The molecule has 1 unspecified atom stereocenters. The SMILES string of the molecule is CC1(C)CON(CC2C=CC(=NCc3cccs3)C=C2Cl)C1=O. The number of carbonyl (C=O) groups excluding carboxylic acids is 1. The average Bonchev–Trinajstić information content (AvgIpc) is 3.11. The Labute approximate surface area is 145 Å². The summed E-state index contributed by atoms with van der Waals surface area (Å²) in [7, 11) is 0. The summed E-state index contributed by atoms with van der Waals surface area (Å²) in [4.78, 5) is 23.5. The number of nitrogens with zero attached hydrogens (tertiary/aromatic N) is 2. The third kappa shape index (κ3) is 3.74. The minimum absolute atomic E-state index is 0.00697. The van der Waals surface area contributed by atoms with Crippen LogP contribution >= 0.6 is 22.9 Å². The molecular weight excluding hydrogens is 332 g/mol. The fourth-order valence-electron chi connectivity index (χ4n) is 2.43. The lowest BCUT2D eigenvalue weighted by atomic mass is 9.94. The number of halogens is 1. The molecule has 122 valence electrons. The predicted octanol–water partition coefficient (Wildman–Crippen LogP) is 3.80. The van der Waals surface area contributed by atoms with Crippen molar-refractivity contribution in [3.63, 3.8) is 0 Å². The van der Waals surface area contributed by atoms with E-state index in [2.05, 4.69) is 11.1 Å². The van der Waals surface area contributed by atoms with Crippen LogP contribution in [0.4, 0.5) is 0 Å². The Morgan fingerprint density at radius 3 is 2.96 bits per heavy atom. The van der Waals surface area contributed by atoms with E-state index in [1.807, 2.05) is 43.5 Å². The summed E-state index contributed by atoms with van der Waals surface area (Å²) in [6.07, 6.45) is 5.80. The monoisotopic (exact) mass is 350 g/mol. The van der Waals surface area contributed by atoms with Crippen molar-refractivity contribution in [3.8, 4) is 0 Å². The van der Waals surface area contributed by atoms with Gasteiger partial charge in [0.25, 0.3) is 5.91 Å². The first-order chi connectivity index (χ1) is 11.0. The number of hydrogen-bond acceptors (Lipinski definition) is 4. The second kappa shape index (κ2) is 6.59. The van der Waals surface area contributed by atoms with Crippen LogP contribution in [0.1, 0.15) is 18.7 Å². The van der Waals surface area contributed by atoms with Crippen molar-refractivity contribution in [1.29, 1.82) is 0 Å². The van der Waals surface area contributed by atoms with Crippen LogP contribution in [0, 0.1) is 11.3 Å². The Balaban J connectivity index is 1.62. The molecule has 3 rings (SSSR count). The van der Waals surface area contributed by atoms with Gasteiger partial charge in [0.15, 0.2) is 0 Å². The minimum atomic E-state index is -0.456. The van der Waals surface area contributed by atoms with E-state index in [1.165, 1.54) is 9.94 Å². The molecule has 6 heteroatoms. The van der Waals surface area contributed by atoms with Gasteiger partial charge in [0.05, 0.1) is 30.8 Å². The maximum Gasteiger partial charge on any atom is 0.254 e. The second-order valence-electron chi connectivity index (χ2n) is 6.34. The van der Waals surface area contributed by atoms with E-state index in [1.54, 1.807) is 11.3 Å². The molecule has 1 aliphatic carbocycles. The zero-order valence-electron chi connectivity index (χ0n) is 13.2. The van der Waals surface area contributed by atoms with Gasteiger partial charge in [-0.1, -0.05) is 23.7 Å². The van der Waals surface area contributed by atoms with Crippen LogP contribution in [-0.4, -0.2) is 29.8 Å². The molecular formula is C17H19ClN2O2S. The molecule has 0 aromatic carbocycles. The zero-order chi connectivity index (χ0) is 16.4. The van der Waals surface area contributed by atoms with Gasteiger partial charge in [-0.3, -0.25) is 14.6 Å². The van der Waals surface area contributed by atoms with Gasteiger partial charge in [0.2, 0.25) is 0 Å². The van der Waals surface area contributed by atoms with Gasteiger partial charge in [-0.15, -0.1) is 11.3 Å². The van der Waals surface area contributed by atoms with E-state index < -0.39 is 5.41 Å². The Hall–Kier alpha value is -1.43. The lowest BCUT2D eigenvalue weighted by Gasteiger charge is -2.22. The van der Waals surface area contributed by atoms with Crippen molar-refractivity contribution in [1.82, 2.24) is 5.06 Å². The summed E-state index contributed by atoms with van der Waals surface area (Å²) in [5.74, 6) is -0.0391. The molecule has 2 aliphatic rings. The van der Waals surface area contributed by atoms with E-state index in [-0.39, 0.29) is 11.8 Å². The van der Waals surface area contributed by atoms with Crippen molar-refractivity contribution in [2.45, 2.75) is 20.4 Å². The van der Waals surface area contributed by atoms with E-state index >= 15 is 0 Å². The molecule has 1 aromatic rings. The Bertz CT molecular complexity index is 677. The van der Waals surface area contributed by atoms with E-state index in [4.69, 9.17) is 16.4 Å². The summed E-state index contributed by atoms with van der Waals surface area (Å²) in [5, 5.41) is 4.15. The fourth-order valence-corrected chi connectivity index (χ4v) is 3.31. The molecule has 0 bridgehead atoms. The first kappa shape index (κ1) is 16.4. The zero-order valence-corrected chi connectivity index (χ0v) is 14.7. The summed E-state index contributed by atoms with van der Waals surface area (Å²) in [5.41, 5.74) is 0.399. The minimum Gasteiger partial charge on any atom is -0.280 e. The first-order valence-corrected chi connectivity index (χ1v) is 8.78. The highest BCUT2D eigenvalue weighted by molar-refractivity contribution is 7.09. The standard InChI is InChI=1S/C17H19ClN2O2S/c1-17(2)11-22-20(16(17)21)10-12-5-6-13(8-15(12)18)19-9-14-4-3-7-23-14/h3-8,12H,9-11H2,1-2H3. The molecule has 4 nitrogen and oxygen atoms in total. The number of carbonyl (C=O) groups is 1. The third-order valence-corrected chi connectivity index (χ3v) is 5.14. The molecule has 1 atom stereocenters. The highest BCUT2D eigenvalue weighted by Gasteiger charge is 2.41. The first-order valence-electron chi connectivity index (χ1n) is 7.53. The quantitative estimate of drug-likeness (QED) is 0.828. The number of thiophene rings is 1. The molecule has 0 N–H and O–H groups in total. The molecule has 0 saturated carbocycles. The summed E-state index contributed by atoms with van der Waals surface area (Å²) >= 11 is 8.06. The van der Waals surface area contributed by atoms with Crippen molar-refractivity contribution in [2.75, 3.05) is 13.2 Å². The lowest BCUT2D eigenvalue weighted by molar-refractivity contribution is -0.163. The number of hydrogen-bond donors (Lipinski definition) is 0. The van der Waals surface area contributed by atoms with Gasteiger partial charge < -0.3 is 0 Å². The molecule has 0 radical (unpaired) electrons. The molecule has 1 amide bonds. The maximum absolute atomic E-state index is 12.2. The van der Waals surface area contributed by atoms with Crippen molar-refractivity contribution in [3.05, 3.63) is 45.7 Å². The molecule has 1 fully saturated rings. The van der Waals surface area contributed by atoms with Crippen molar-refractivity contribution < 1.29 is 9.63 Å². The predicted molar refractivity (Wildman–Crippen MR) is 93.5 cm³/mol. The largest absolute Gasteiger partial charge is 0.280 e. The van der Waals surface area contributed by atoms with Gasteiger partial charge in [-0.25, -0.2) is 5.06 Å². The average molecular weight is 351 g/mol. The highest BCUT2D eigenvalue weighted by Crippen LogP contribution is 2.30. The normalized spacial score (nSPS) is 25.3. The Morgan fingerprint density at radius 2 is 2.35 bits per heavy atom. The van der Waals surface area contributed by atoms with Crippen LogP contribution in [0.5, 0.6) is 0 Å². The van der Waals surface area contributed by atoms with Crippen LogP contribution in [0.15, 0.2) is 45.8 Å². The smallest absolute Gasteiger partial charge is 0.254 e. The van der Waals surface area contributed by atoms with Gasteiger partial charge in [0.1, 0.15) is 0 Å². The maximum atomic E-state index is 12.2. The van der Waals surface area contributed by atoms with Crippen LogP contribution < -0.4 is 0 Å². The Kier molecular flexibility index (Phi) is 4.71. The third-order valence-electron chi connectivity index (χ3n) is 3.89. The molecule has 2 heterocycles. The van der Waals surface area contributed by atoms with Crippen LogP contribution in [0.25, 0.3) is 0 Å². The van der Waals surface area contributed by atoms with Gasteiger partial charge in [-0.05, 0) is 37.4 Å². The van der Waals surface area contributed by atoms with Gasteiger partial charge in [-0.2, -0.15) is 0 Å². The van der Waals surface area contributed by atoms with Crippen LogP contribution in [-0.2, 0) is 16.2 Å². The molecule has 0 spiro atoms. The Morgan fingerprint density at radius 1 is 1.52 bits per heavy atom. The second-order valence-corrected chi connectivity index (χ2v) is 7.81. The number of aliphatic imine (C=N–C) groups is 1. The van der Waals surface area contributed by atoms with Crippen LogP contribution in [0.3, 0.4) is 0 Å². The molecule has 1 saturated heterocycles.